The zero-order valence-electron chi connectivity index (χ0n) is 8.73. The molecule has 15 heavy (non-hydrogen) atoms. The van der Waals surface area contributed by atoms with E-state index in [0.29, 0.717) is 0 Å². The van der Waals surface area contributed by atoms with Gasteiger partial charge in [0.15, 0.2) is 0 Å². The minimum atomic E-state index is -0.757. The minimum Gasteiger partial charge on any atom is -0.394 e. The largest absolute Gasteiger partial charge is 0.394 e. The van der Waals surface area contributed by atoms with E-state index in [0.717, 1.165) is 5.56 Å². The van der Waals surface area contributed by atoms with Crippen molar-refractivity contribution in [2.75, 3.05) is 6.61 Å². The van der Waals surface area contributed by atoms with Crippen LogP contribution >= 0.6 is 0 Å². The summed E-state index contributed by atoms with van der Waals surface area (Å²) < 4.78 is 0. The van der Waals surface area contributed by atoms with Crippen molar-refractivity contribution in [1.82, 2.24) is 5.32 Å². The summed E-state index contributed by atoms with van der Waals surface area (Å²) in [5, 5.41) is 12.0. The number of aliphatic hydroxyl groups is 1. The van der Waals surface area contributed by atoms with E-state index in [2.05, 4.69) is 11.9 Å². The Kier molecular flexibility index (Phi) is 3.63. The molecule has 80 valence electrons. The number of aliphatic hydroxyl groups excluding tert-OH is 1. The number of amides is 1. The van der Waals surface area contributed by atoms with Gasteiger partial charge in [-0.25, -0.2) is 0 Å². The second kappa shape index (κ2) is 4.75. The first kappa shape index (κ1) is 11.5. The molecule has 0 saturated heterocycles. The van der Waals surface area contributed by atoms with E-state index in [-0.39, 0.29) is 12.5 Å². The number of hydrogen-bond donors (Lipinski definition) is 2. The Hall–Kier alpha value is -1.61. The number of carbonyl (C=O) groups is 1. The van der Waals surface area contributed by atoms with Gasteiger partial charge in [0, 0.05) is 0 Å². The second-order valence-corrected chi connectivity index (χ2v) is 3.55. The van der Waals surface area contributed by atoms with Crippen LogP contribution < -0.4 is 5.32 Å². The van der Waals surface area contributed by atoms with Gasteiger partial charge in [0.05, 0.1) is 12.1 Å². The topological polar surface area (TPSA) is 49.3 Å². The first-order valence-electron chi connectivity index (χ1n) is 4.73. The third-order valence-electron chi connectivity index (χ3n) is 2.31. The maximum atomic E-state index is 11.2. The number of benzene rings is 1. The molecule has 0 aromatic heterocycles. The van der Waals surface area contributed by atoms with Crippen LogP contribution in [0.3, 0.4) is 0 Å². The molecule has 0 aliphatic heterocycles. The molecule has 0 fully saturated rings. The van der Waals surface area contributed by atoms with Gasteiger partial charge >= 0.3 is 0 Å². The Morgan fingerprint density at radius 1 is 1.53 bits per heavy atom. The lowest BCUT2D eigenvalue weighted by molar-refractivity contribution is -0.118. The Morgan fingerprint density at radius 2 is 2.13 bits per heavy atom. The molecule has 1 amide bonds. The highest BCUT2D eigenvalue weighted by Gasteiger charge is 2.26. The predicted octanol–water partition coefficient (Wildman–Crippen LogP) is 1.20. The van der Waals surface area contributed by atoms with Crippen LogP contribution in [0.1, 0.15) is 12.5 Å². The van der Waals surface area contributed by atoms with Crippen molar-refractivity contribution in [1.29, 1.82) is 0 Å². The molecule has 0 saturated carbocycles. The summed E-state index contributed by atoms with van der Waals surface area (Å²) in [6, 6.07) is 9.34. The quantitative estimate of drug-likeness (QED) is 0.725. The third kappa shape index (κ3) is 2.67. The summed E-state index contributed by atoms with van der Waals surface area (Å²) in [4.78, 5) is 11.2. The Bertz CT molecular complexity index is 348. The maximum Gasteiger partial charge on any atom is 0.244 e. The van der Waals surface area contributed by atoms with Crippen molar-refractivity contribution in [2.24, 2.45) is 0 Å². The highest BCUT2D eigenvalue weighted by atomic mass is 16.3. The predicted molar refractivity (Wildman–Crippen MR) is 59.2 cm³/mol. The van der Waals surface area contributed by atoms with Gasteiger partial charge in [-0.05, 0) is 18.6 Å². The molecule has 0 aliphatic rings. The zero-order chi connectivity index (χ0) is 11.3. The lowest BCUT2D eigenvalue weighted by Gasteiger charge is -2.28. The normalized spacial score (nSPS) is 14.0. The molecule has 1 unspecified atom stereocenters. The number of hydrogen-bond acceptors (Lipinski definition) is 2. The molecule has 1 rings (SSSR count). The van der Waals surface area contributed by atoms with Gasteiger partial charge in [0.2, 0.25) is 5.91 Å². The van der Waals surface area contributed by atoms with E-state index in [4.69, 9.17) is 0 Å². The van der Waals surface area contributed by atoms with E-state index in [1.165, 1.54) is 6.08 Å². The third-order valence-corrected chi connectivity index (χ3v) is 2.31. The Morgan fingerprint density at radius 3 is 2.60 bits per heavy atom. The van der Waals surface area contributed by atoms with E-state index < -0.39 is 5.54 Å². The van der Waals surface area contributed by atoms with Crippen molar-refractivity contribution in [3.63, 3.8) is 0 Å². The molecule has 1 aromatic carbocycles. The van der Waals surface area contributed by atoms with Gasteiger partial charge in [-0.15, -0.1) is 0 Å². The fourth-order valence-electron chi connectivity index (χ4n) is 1.33. The number of nitrogens with one attached hydrogen (secondary N) is 1. The molecular formula is C12H15NO2. The molecule has 3 nitrogen and oxygen atoms in total. The summed E-state index contributed by atoms with van der Waals surface area (Å²) in [5.41, 5.74) is 0.106. The summed E-state index contributed by atoms with van der Waals surface area (Å²) in [6.45, 7) is 4.99. The van der Waals surface area contributed by atoms with Gasteiger partial charge in [-0.3, -0.25) is 4.79 Å². The molecule has 1 aromatic rings. The SMILES string of the molecule is C=CC(=O)NC(C)(CO)c1ccccc1. The van der Waals surface area contributed by atoms with E-state index in [1.54, 1.807) is 6.92 Å². The van der Waals surface area contributed by atoms with Crippen LogP contribution in [0.25, 0.3) is 0 Å². The molecule has 0 radical (unpaired) electrons. The first-order chi connectivity index (χ1) is 7.12. The fraction of sp³-hybridized carbons (Fsp3) is 0.250. The molecule has 1 atom stereocenters. The van der Waals surface area contributed by atoms with Gasteiger partial charge in [-0.1, -0.05) is 36.9 Å². The van der Waals surface area contributed by atoms with Crippen molar-refractivity contribution in [2.45, 2.75) is 12.5 Å². The van der Waals surface area contributed by atoms with E-state index in [9.17, 15) is 9.90 Å². The summed E-state index contributed by atoms with van der Waals surface area (Å²) in [5.74, 6) is -0.296. The van der Waals surface area contributed by atoms with Crippen LogP contribution in [0.5, 0.6) is 0 Å². The van der Waals surface area contributed by atoms with Crippen molar-refractivity contribution < 1.29 is 9.90 Å². The van der Waals surface area contributed by atoms with E-state index in [1.807, 2.05) is 30.3 Å². The van der Waals surface area contributed by atoms with Crippen LogP contribution in [0.4, 0.5) is 0 Å². The Balaban J connectivity index is 2.95. The Labute approximate surface area is 89.4 Å². The average Bonchev–Trinajstić information content (AvgIpc) is 2.30. The molecule has 0 spiro atoms. The van der Waals surface area contributed by atoms with Crippen LogP contribution in [-0.4, -0.2) is 17.6 Å². The number of carbonyl (C=O) groups excluding carboxylic acids is 1. The average molecular weight is 205 g/mol. The van der Waals surface area contributed by atoms with Gasteiger partial charge in [-0.2, -0.15) is 0 Å². The highest BCUT2D eigenvalue weighted by Crippen LogP contribution is 2.19. The van der Waals surface area contributed by atoms with Gasteiger partial charge in [0.25, 0.3) is 0 Å². The maximum absolute atomic E-state index is 11.2. The molecule has 3 heteroatoms. The van der Waals surface area contributed by atoms with Crippen molar-refractivity contribution >= 4 is 5.91 Å². The monoisotopic (exact) mass is 205 g/mol. The standard InChI is InChI=1S/C12H15NO2/c1-3-11(15)13-12(2,9-14)10-7-5-4-6-8-10/h3-8,14H,1,9H2,2H3,(H,13,15). The van der Waals surface area contributed by atoms with Crippen molar-refractivity contribution in [3.8, 4) is 0 Å². The second-order valence-electron chi connectivity index (χ2n) is 3.55. The molecule has 2 N–H and O–H groups in total. The highest BCUT2D eigenvalue weighted by molar-refractivity contribution is 5.87. The van der Waals surface area contributed by atoms with Crippen LogP contribution in [0, 0.1) is 0 Å². The summed E-state index contributed by atoms with van der Waals surface area (Å²) in [6.07, 6.45) is 1.19. The fourth-order valence-corrected chi connectivity index (χ4v) is 1.33. The van der Waals surface area contributed by atoms with Crippen LogP contribution in [-0.2, 0) is 10.3 Å². The van der Waals surface area contributed by atoms with Crippen molar-refractivity contribution in [3.05, 3.63) is 48.6 Å². The molecule has 0 bridgehead atoms. The lowest BCUT2D eigenvalue weighted by Crippen LogP contribution is -2.45. The van der Waals surface area contributed by atoms with Crippen LogP contribution in [0.2, 0.25) is 0 Å². The summed E-state index contributed by atoms with van der Waals surface area (Å²) in [7, 11) is 0. The van der Waals surface area contributed by atoms with Gasteiger partial charge < -0.3 is 10.4 Å². The minimum absolute atomic E-state index is 0.156. The van der Waals surface area contributed by atoms with Gasteiger partial charge in [0.1, 0.15) is 0 Å². The van der Waals surface area contributed by atoms with Crippen LogP contribution in [0.15, 0.2) is 43.0 Å². The zero-order valence-corrected chi connectivity index (χ0v) is 8.73. The lowest BCUT2D eigenvalue weighted by atomic mass is 9.93. The molecule has 0 heterocycles. The number of rotatable bonds is 4. The first-order valence-corrected chi connectivity index (χ1v) is 4.73. The molecular weight excluding hydrogens is 190 g/mol. The smallest absolute Gasteiger partial charge is 0.244 e. The van der Waals surface area contributed by atoms with E-state index >= 15 is 0 Å². The molecule has 0 aliphatic carbocycles. The summed E-state index contributed by atoms with van der Waals surface area (Å²) >= 11 is 0.